The highest BCUT2D eigenvalue weighted by Gasteiger charge is 2.14. The number of anilines is 1. The van der Waals surface area contributed by atoms with Gasteiger partial charge >= 0.3 is 5.97 Å². The second-order valence-corrected chi connectivity index (χ2v) is 6.29. The first-order valence-corrected chi connectivity index (χ1v) is 9.63. The van der Waals surface area contributed by atoms with Crippen LogP contribution < -0.4 is 20.1 Å². The Balaban J connectivity index is 1.81. The van der Waals surface area contributed by atoms with Crippen molar-refractivity contribution < 1.29 is 28.6 Å². The van der Waals surface area contributed by atoms with Crippen LogP contribution in [0.25, 0.3) is 0 Å². The smallest absolute Gasteiger partial charge is 0.325 e. The highest BCUT2D eigenvalue weighted by atomic mass is 16.5. The fraction of sp³-hybridized carbons (Fsp3) is 0.318. The van der Waals surface area contributed by atoms with Gasteiger partial charge in [0.25, 0.3) is 11.8 Å². The maximum absolute atomic E-state index is 12.3. The van der Waals surface area contributed by atoms with E-state index in [9.17, 15) is 14.4 Å². The first-order chi connectivity index (χ1) is 14.4. The highest BCUT2D eigenvalue weighted by Crippen LogP contribution is 2.28. The van der Waals surface area contributed by atoms with Crippen LogP contribution in [0.3, 0.4) is 0 Å². The third-order valence-electron chi connectivity index (χ3n) is 3.90. The van der Waals surface area contributed by atoms with Gasteiger partial charge in [-0.15, -0.1) is 0 Å². The fourth-order valence-corrected chi connectivity index (χ4v) is 2.48. The Morgan fingerprint density at radius 2 is 1.57 bits per heavy atom. The summed E-state index contributed by atoms with van der Waals surface area (Å²) in [5.74, 6) is -0.679. The Morgan fingerprint density at radius 1 is 0.900 bits per heavy atom. The summed E-state index contributed by atoms with van der Waals surface area (Å²) in [6.07, 6.45) is 0. The van der Waals surface area contributed by atoms with Gasteiger partial charge in [-0.3, -0.25) is 14.4 Å². The van der Waals surface area contributed by atoms with Gasteiger partial charge in [0.05, 0.1) is 13.2 Å². The number of hydrogen-bond donors (Lipinski definition) is 2. The van der Waals surface area contributed by atoms with Gasteiger partial charge in [0.15, 0.2) is 18.1 Å². The van der Waals surface area contributed by atoms with Gasteiger partial charge in [-0.1, -0.05) is 17.7 Å². The summed E-state index contributed by atoms with van der Waals surface area (Å²) in [5, 5.41) is 5.08. The molecule has 2 N–H and O–H groups in total. The highest BCUT2D eigenvalue weighted by molar-refractivity contribution is 5.97. The molecule has 0 fully saturated rings. The molecule has 0 bridgehead atoms. The number of nitrogens with one attached hydrogen (secondary N) is 2. The summed E-state index contributed by atoms with van der Waals surface area (Å²) in [7, 11) is 0. The van der Waals surface area contributed by atoms with E-state index in [4.69, 9.17) is 14.2 Å². The molecular formula is C22H26N2O6. The van der Waals surface area contributed by atoms with Gasteiger partial charge in [-0.25, -0.2) is 0 Å². The van der Waals surface area contributed by atoms with E-state index in [-0.39, 0.29) is 6.54 Å². The number of esters is 1. The SMILES string of the molecule is CCOc1ccc(C(=O)NCC(=O)OCC(=O)Nc2ccc(C)cc2)cc1OCC. The van der Waals surface area contributed by atoms with Crippen molar-refractivity contribution in [1.29, 1.82) is 0 Å². The van der Waals surface area contributed by atoms with E-state index < -0.39 is 24.4 Å². The number of carbonyl (C=O) groups is 3. The van der Waals surface area contributed by atoms with E-state index in [2.05, 4.69) is 10.6 Å². The van der Waals surface area contributed by atoms with Crippen molar-refractivity contribution in [2.75, 3.05) is 31.7 Å². The Bertz CT molecular complexity index is 880. The molecule has 160 valence electrons. The molecule has 0 aliphatic heterocycles. The van der Waals surface area contributed by atoms with Crippen LogP contribution in [0, 0.1) is 6.92 Å². The van der Waals surface area contributed by atoms with Crippen LogP contribution in [0.15, 0.2) is 42.5 Å². The van der Waals surface area contributed by atoms with Crippen LogP contribution in [-0.2, 0) is 14.3 Å². The van der Waals surface area contributed by atoms with E-state index in [1.165, 1.54) is 0 Å². The standard InChI is InChI=1S/C22H26N2O6/c1-4-28-18-11-8-16(12-19(18)29-5-2)22(27)23-13-21(26)30-14-20(25)24-17-9-6-15(3)7-10-17/h6-12H,4-5,13-14H2,1-3H3,(H,23,27)(H,24,25). The van der Waals surface area contributed by atoms with E-state index in [1.807, 2.05) is 32.9 Å². The predicted octanol–water partition coefficient (Wildman–Crippen LogP) is 2.70. The van der Waals surface area contributed by atoms with Crippen LogP contribution >= 0.6 is 0 Å². The zero-order valence-corrected chi connectivity index (χ0v) is 17.3. The molecule has 0 unspecified atom stereocenters. The molecule has 2 aromatic rings. The van der Waals surface area contributed by atoms with Crippen molar-refractivity contribution in [1.82, 2.24) is 5.32 Å². The van der Waals surface area contributed by atoms with Crippen LogP contribution in [0.2, 0.25) is 0 Å². The number of hydrogen-bond acceptors (Lipinski definition) is 6. The number of amides is 2. The van der Waals surface area contributed by atoms with Gasteiger partial charge in [-0.05, 0) is 51.1 Å². The molecular weight excluding hydrogens is 388 g/mol. The second-order valence-electron chi connectivity index (χ2n) is 6.29. The molecule has 2 aromatic carbocycles. The molecule has 0 aromatic heterocycles. The molecule has 0 atom stereocenters. The zero-order valence-electron chi connectivity index (χ0n) is 17.3. The van der Waals surface area contributed by atoms with E-state index in [0.717, 1.165) is 5.56 Å². The lowest BCUT2D eigenvalue weighted by molar-refractivity contribution is -0.146. The Hall–Kier alpha value is -3.55. The maximum atomic E-state index is 12.3. The molecule has 0 heterocycles. The first kappa shape index (κ1) is 22.7. The molecule has 0 radical (unpaired) electrons. The molecule has 0 spiro atoms. The van der Waals surface area contributed by atoms with Crippen molar-refractivity contribution >= 4 is 23.5 Å². The molecule has 0 aliphatic rings. The quantitative estimate of drug-likeness (QED) is 0.580. The van der Waals surface area contributed by atoms with E-state index >= 15 is 0 Å². The van der Waals surface area contributed by atoms with Crippen LogP contribution in [-0.4, -0.2) is 44.1 Å². The number of benzene rings is 2. The topological polar surface area (TPSA) is 103 Å². The molecule has 0 saturated heterocycles. The van der Waals surface area contributed by atoms with Crippen LogP contribution in [0.5, 0.6) is 11.5 Å². The number of ether oxygens (including phenoxy) is 3. The molecule has 8 nitrogen and oxygen atoms in total. The number of aryl methyl sites for hydroxylation is 1. The van der Waals surface area contributed by atoms with Gasteiger partial charge in [0.2, 0.25) is 0 Å². The summed E-state index contributed by atoms with van der Waals surface area (Å²) >= 11 is 0. The van der Waals surface area contributed by atoms with Crippen LogP contribution in [0.1, 0.15) is 29.8 Å². The molecule has 0 saturated carbocycles. The normalized spacial score (nSPS) is 10.1. The number of rotatable bonds is 10. The number of carbonyl (C=O) groups excluding carboxylic acids is 3. The first-order valence-electron chi connectivity index (χ1n) is 9.63. The Morgan fingerprint density at radius 3 is 2.23 bits per heavy atom. The largest absolute Gasteiger partial charge is 0.490 e. The van der Waals surface area contributed by atoms with Crippen molar-refractivity contribution in [2.45, 2.75) is 20.8 Å². The van der Waals surface area contributed by atoms with Gasteiger partial charge < -0.3 is 24.8 Å². The summed E-state index contributed by atoms with van der Waals surface area (Å²) in [4.78, 5) is 36.0. The molecule has 2 rings (SSSR count). The van der Waals surface area contributed by atoms with Crippen molar-refractivity contribution in [3.8, 4) is 11.5 Å². The lowest BCUT2D eigenvalue weighted by Crippen LogP contribution is -2.32. The molecule has 30 heavy (non-hydrogen) atoms. The summed E-state index contributed by atoms with van der Waals surface area (Å²) in [6.45, 7) is 5.69. The van der Waals surface area contributed by atoms with Crippen molar-refractivity contribution in [2.24, 2.45) is 0 Å². The zero-order chi connectivity index (χ0) is 21.9. The molecule has 8 heteroatoms. The maximum Gasteiger partial charge on any atom is 0.325 e. The summed E-state index contributed by atoms with van der Waals surface area (Å²) in [5.41, 5.74) is 1.98. The minimum atomic E-state index is -0.724. The molecule has 0 aliphatic carbocycles. The average molecular weight is 414 g/mol. The summed E-state index contributed by atoms with van der Waals surface area (Å²) < 4.78 is 15.8. The predicted molar refractivity (Wildman–Crippen MR) is 112 cm³/mol. The monoisotopic (exact) mass is 414 g/mol. The van der Waals surface area contributed by atoms with Crippen molar-refractivity contribution in [3.05, 3.63) is 53.6 Å². The lowest BCUT2D eigenvalue weighted by Gasteiger charge is -2.12. The van der Waals surface area contributed by atoms with Crippen LogP contribution in [0.4, 0.5) is 5.69 Å². The van der Waals surface area contributed by atoms with Crippen molar-refractivity contribution in [3.63, 3.8) is 0 Å². The van der Waals surface area contributed by atoms with Gasteiger partial charge in [-0.2, -0.15) is 0 Å². The third-order valence-corrected chi connectivity index (χ3v) is 3.90. The lowest BCUT2D eigenvalue weighted by atomic mass is 10.2. The van der Waals surface area contributed by atoms with Gasteiger partial charge in [0, 0.05) is 11.3 Å². The van der Waals surface area contributed by atoms with E-state index in [1.54, 1.807) is 30.3 Å². The third kappa shape index (κ3) is 7.12. The van der Waals surface area contributed by atoms with E-state index in [0.29, 0.717) is 36.0 Å². The Kier molecular flexibility index (Phi) is 8.68. The summed E-state index contributed by atoms with van der Waals surface area (Å²) in [6, 6.07) is 12.0. The average Bonchev–Trinajstić information content (AvgIpc) is 2.73. The Labute approximate surface area is 175 Å². The molecule has 2 amide bonds. The minimum Gasteiger partial charge on any atom is -0.490 e. The second kappa shape index (κ2) is 11.5. The van der Waals surface area contributed by atoms with Gasteiger partial charge in [0.1, 0.15) is 6.54 Å². The fourth-order valence-electron chi connectivity index (χ4n) is 2.48. The minimum absolute atomic E-state index is 0.312.